The average Bonchev–Trinajstić information content (AvgIpc) is 3.24. The van der Waals surface area contributed by atoms with Gasteiger partial charge in [0.2, 0.25) is 0 Å². The van der Waals surface area contributed by atoms with Crippen LogP contribution in [0.25, 0.3) is 11.0 Å². The maximum Gasteiger partial charge on any atom is 0.323 e. The minimum Gasteiger partial charge on any atom is -0.492 e. The molecule has 4 rings (SSSR count). The normalized spacial score (nSPS) is 10.7. The second kappa shape index (κ2) is 9.27. The summed E-state index contributed by atoms with van der Waals surface area (Å²) in [6.45, 7) is 2.43. The van der Waals surface area contributed by atoms with Crippen molar-refractivity contribution in [3.63, 3.8) is 0 Å². The van der Waals surface area contributed by atoms with Gasteiger partial charge in [-0.2, -0.15) is 5.10 Å². The second-order valence-electron chi connectivity index (χ2n) is 6.31. The van der Waals surface area contributed by atoms with Gasteiger partial charge < -0.3 is 15.4 Å². The van der Waals surface area contributed by atoms with E-state index in [4.69, 9.17) is 4.74 Å². The third-order valence-corrected chi connectivity index (χ3v) is 5.28. The molecule has 0 spiro atoms. The van der Waals surface area contributed by atoms with Crippen molar-refractivity contribution >= 4 is 40.2 Å². The molecule has 0 atom stereocenters. The summed E-state index contributed by atoms with van der Waals surface area (Å²) in [6.07, 6.45) is 3.24. The molecule has 4 aromatic rings. The lowest BCUT2D eigenvalue weighted by atomic mass is 10.2. The van der Waals surface area contributed by atoms with Crippen LogP contribution in [0.1, 0.15) is 12.5 Å². The van der Waals surface area contributed by atoms with E-state index in [-0.39, 0.29) is 6.03 Å². The molecule has 0 unspecified atom stereocenters. The fraction of sp³-hybridized carbons (Fsp3) is 0.143. The Morgan fingerprint density at radius 1 is 1.13 bits per heavy atom. The number of aromatic amines is 1. The number of thioether (sulfide) groups is 1. The zero-order chi connectivity index (χ0) is 20.8. The van der Waals surface area contributed by atoms with Crippen LogP contribution in [0.5, 0.6) is 5.75 Å². The van der Waals surface area contributed by atoms with E-state index in [0.717, 1.165) is 16.0 Å². The van der Waals surface area contributed by atoms with Gasteiger partial charge in [0.25, 0.3) is 0 Å². The molecule has 0 radical (unpaired) electrons. The molecule has 0 fully saturated rings. The molecule has 0 bridgehead atoms. The summed E-state index contributed by atoms with van der Waals surface area (Å²) in [7, 11) is 0. The first kappa shape index (κ1) is 19.7. The predicted octanol–water partition coefficient (Wildman–Crippen LogP) is 4.69. The Morgan fingerprint density at radius 3 is 2.93 bits per heavy atom. The number of hydrogen-bond donors (Lipinski definition) is 3. The number of benzene rings is 2. The van der Waals surface area contributed by atoms with Crippen LogP contribution in [0.3, 0.4) is 0 Å². The first-order valence-corrected chi connectivity index (χ1v) is 10.4. The number of carbonyl (C=O) groups is 1. The Hall–Kier alpha value is -3.59. The average molecular weight is 420 g/mol. The number of nitrogens with one attached hydrogen (secondary N) is 3. The third kappa shape index (κ3) is 4.69. The van der Waals surface area contributed by atoms with E-state index < -0.39 is 0 Å². The Balaban J connectivity index is 1.40. The van der Waals surface area contributed by atoms with E-state index in [0.29, 0.717) is 35.1 Å². The van der Waals surface area contributed by atoms with Gasteiger partial charge in [-0.1, -0.05) is 24.3 Å². The van der Waals surface area contributed by atoms with Gasteiger partial charge in [-0.25, -0.2) is 14.8 Å². The van der Waals surface area contributed by atoms with E-state index in [1.165, 1.54) is 6.33 Å². The number of carbonyl (C=O) groups excluding carboxylic acids is 1. The Bertz CT molecular complexity index is 1160. The van der Waals surface area contributed by atoms with Gasteiger partial charge in [0.15, 0.2) is 5.65 Å². The van der Waals surface area contributed by atoms with Gasteiger partial charge >= 0.3 is 6.03 Å². The number of H-pyrrole nitrogens is 1. The van der Waals surface area contributed by atoms with Crippen LogP contribution < -0.4 is 15.4 Å². The van der Waals surface area contributed by atoms with E-state index in [1.54, 1.807) is 24.0 Å². The van der Waals surface area contributed by atoms with Crippen LogP contribution in [0.15, 0.2) is 66.1 Å². The molecule has 8 nitrogen and oxygen atoms in total. The number of ether oxygens (including phenoxy) is 1. The molecular formula is C21H20N6O2S. The highest BCUT2D eigenvalue weighted by Crippen LogP contribution is 2.27. The number of anilines is 2. The molecule has 2 aromatic heterocycles. The molecule has 30 heavy (non-hydrogen) atoms. The van der Waals surface area contributed by atoms with Crippen molar-refractivity contribution in [1.29, 1.82) is 0 Å². The van der Waals surface area contributed by atoms with Gasteiger partial charge in [0, 0.05) is 11.4 Å². The highest BCUT2D eigenvalue weighted by atomic mass is 32.2. The molecule has 2 aromatic carbocycles. The highest BCUT2D eigenvalue weighted by molar-refractivity contribution is 7.98. The second-order valence-corrected chi connectivity index (χ2v) is 7.27. The molecule has 0 aliphatic rings. The van der Waals surface area contributed by atoms with Crippen molar-refractivity contribution in [3.05, 3.63) is 66.6 Å². The summed E-state index contributed by atoms with van der Waals surface area (Å²) in [5.74, 6) is 1.33. The van der Waals surface area contributed by atoms with E-state index >= 15 is 0 Å². The lowest BCUT2D eigenvalue weighted by Gasteiger charge is -2.12. The number of urea groups is 1. The number of amides is 2. The molecule has 2 heterocycles. The summed E-state index contributed by atoms with van der Waals surface area (Å²) in [4.78, 5) is 20.9. The Morgan fingerprint density at radius 2 is 2.03 bits per heavy atom. The maximum atomic E-state index is 12.4. The van der Waals surface area contributed by atoms with Gasteiger partial charge in [0.1, 0.15) is 17.1 Å². The number of hydrogen-bond acceptors (Lipinski definition) is 6. The fourth-order valence-corrected chi connectivity index (χ4v) is 3.79. The van der Waals surface area contributed by atoms with Gasteiger partial charge in [-0.15, -0.1) is 11.8 Å². The molecule has 0 saturated heterocycles. The molecule has 152 valence electrons. The first-order valence-electron chi connectivity index (χ1n) is 9.38. The van der Waals surface area contributed by atoms with Crippen molar-refractivity contribution in [1.82, 2.24) is 20.2 Å². The molecule has 9 heteroatoms. The summed E-state index contributed by atoms with van der Waals surface area (Å²) in [5.41, 5.74) is 3.10. The smallest absolute Gasteiger partial charge is 0.323 e. The Kier molecular flexibility index (Phi) is 6.09. The van der Waals surface area contributed by atoms with Crippen LogP contribution in [0.4, 0.5) is 16.2 Å². The van der Waals surface area contributed by atoms with Crippen LogP contribution in [0, 0.1) is 0 Å². The summed E-state index contributed by atoms with van der Waals surface area (Å²) in [6, 6.07) is 14.7. The minimum atomic E-state index is -0.331. The maximum absolute atomic E-state index is 12.4. The first-order chi connectivity index (χ1) is 14.7. The fourth-order valence-electron chi connectivity index (χ4n) is 2.88. The standard InChI is InChI=1S/C21H20N6O2S/c1-2-29-18-9-4-3-8-17(18)26-21(28)25-15-7-5-6-14(10-15)12-30-20-16-11-24-27-19(16)22-13-23-20/h3-11,13H,2,12H2,1H3,(H2,25,26,28)(H,22,23,24,27). The lowest BCUT2D eigenvalue weighted by Crippen LogP contribution is -2.20. The predicted molar refractivity (Wildman–Crippen MR) is 118 cm³/mol. The number of nitrogens with zero attached hydrogens (tertiary/aromatic N) is 3. The molecular weight excluding hydrogens is 400 g/mol. The van der Waals surface area contributed by atoms with Crippen LogP contribution in [0.2, 0.25) is 0 Å². The molecule has 0 aliphatic heterocycles. The summed E-state index contributed by atoms with van der Waals surface area (Å²) < 4.78 is 5.54. The molecule has 0 aliphatic carbocycles. The minimum absolute atomic E-state index is 0.331. The van der Waals surface area contributed by atoms with E-state index in [1.807, 2.05) is 49.4 Å². The number of para-hydroxylation sites is 2. The van der Waals surface area contributed by atoms with Crippen molar-refractivity contribution in [2.24, 2.45) is 0 Å². The van der Waals surface area contributed by atoms with E-state index in [2.05, 4.69) is 30.8 Å². The van der Waals surface area contributed by atoms with Gasteiger partial charge in [-0.05, 0) is 36.8 Å². The van der Waals surface area contributed by atoms with Crippen molar-refractivity contribution in [2.45, 2.75) is 17.7 Å². The Labute approximate surface area is 177 Å². The SMILES string of the molecule is CCOc1ccccc1NC(=O)Nc1cccc(CSc2ncnc3[nH]ncc23)c1. The topological polar surface area (TPSA) is 105 Å². The molecule has 2 amide bonds. The van der Waals surface area contributed by atoms with Gasteiger partial charge in [-0.3, -0.25) is 5.10 Å². The highest BCUT2D eigenvalue weighted by Gasteiger charge is 2.09. The number of fused-ring (bicyclic) bond motifs is 1. The van der Waals surface area contributed by atoms with Crippen LogP contribution >= 0.6 is 11.8 Å². The summed E-state index contributed by atoms with van der Waals surface area (Å²) >= 11 is 1.59. The molecule has 0 saturated carbocycles. The van der Waals surface area contributed by atoms with Crippen LogP contribution in [-0.4, -0.2) is 32.8 Å². The van der Waals surface area contributed by atoms with Crippen LogP contribution in [-0.2, 0) is 5.75 Å². The largest absolute Gasteiger partial charge is 0.492 e. The zero-order valence-corrected chi connectivity index (χ0v) is 17.1. The van der Waals surface area contributed by atoms with Crippen molar-refractivity contribution in [2.75, 3.05) is 17.2 Å². The quantitative estimate of drug-likeness (QED) is 0.296. The van der Waals surface area contributed by atoms with Gasteiger partial charge in [0.05, 0.1) is 23.9 Å². The monoisotopic (exact) mass is 420 g/mol. The third-order valence-electron chi connectivity index (χ3n) is 4.21. The lowest BCUT2D eigenvalue weighted by molar-refractivity contribution is 0.262. The number of rotatable bonds is 7. The summed E-state index contributed by atoms with van der Waals surface area (Å²) in [5, 5.41) is 14.3. The number of aromatic nitrogens is 4. The van der Waals surface area contributed by atoms with Crippen molar-refractivity contribution < 1.29 is 9.53 Å². The zero-order valence-electron chi connectivity index (χ0n) is 16.3. The van der Waals surface area contributed by atoms with Crippen molar-refractivity contribution in [3.8, 4) is 5.75 Å². The van der Waals surface area contributed by atoms with E-state index in [9.17, 15) is 4.79 Å². The molecule has 3 N–H and O–H groups in total.